The predicted octanol–water partition coefficient (Wildman–Crippen LogP) is 1.05. The molecular formula is C19H23N5O2. The molecule has 1 unspecified atom stereocenters. The van der Waals surface area contributed by atoms with Gasteiger partial charge < -0.3 is 10.6 Å². The molecule has 0 radical (unpaired) electrons. The summed E-state index contributed by atoms with van der Waals surface area (Å²) in [4.78, 5) is 30.4. The molecule has 2 heterocycles. The van der Waals surface area contributed by atoms with Gasteiger partial charge in [-0.1, -0.05) is 36.4 Å². The van der Waals surface area contributed by atoms with E-state index in [1.165, 1.54) is 0 Å². The highest BCUT2D eigenvalue weighted by atomic mass is 16.2. The number of nitrogens with one attached hydrogen (secondary N) is 3. The maximum absolute atomic E-state index is 12.3. The van der Waals surface area contributed by atoms with Crippen molar-refractivity contribution >= 4 is 11.9 Å². The van der Waals surface area contributed by atoms with E-state index in [1.54, 1.807) is 6.20 Å². The molecule has 0 saturated carbocycles. The van der Waals surface area contributed by atoms with Crippen LogP contribution in [0.5, 0.6) is 0 Å². The van der Waals surface area contributed by atoms with Crippen molar-refractivity contribution < 1.29 is 9.59 Å². The van der Waals surface area contributed by atoms with E-state index in [0.29, 0.717) is 6.54 Å². The van der Waals surface area contributed by atoms with Crippen molar-refractivity contribution in [1.29, 1.82) is 0 Å². The third-order valence-electron chi connectivity index (χ3n) is 4.32. The van der Waals surface area contributed by atoms with E-state index in [-0.39, 0.29) is 18.5 Å². The van der Waals surface area contributed by atoms with Crippen LogP contribution in [0.15, 0.2) is 54.9 Å². The van der Waals surface area contributed by atoms with Crippen LogP contribution < -0.4 is 16.0 Å². The molecule has 1 aliphatic rings. The van der Waals surface area contributed by atoms with E-state index < -0.39 is 6.03 Å². The SMILES string of the molecule is O=C(CN1CCNCC1c1cccnc1)NC(=O)NCc1ccccc1. The lowest BCUT2D eigenvalue weighted by molar-refractivity contribution is -0.122. The molecule has 3 amide bonds. The zero-order valence-electron chi connectivity index (χ0n) is 14.5. The number of rotatable bonds is 5. The van der Waals surface area contributed by atoms with Crippen LogP contribution >= 0.6 is 0 Å². The van der Waals surface area contributed by atoms with Crippen LogP contribution in [0.25, 0.3) is 0 Å². The fraction of sp³-hybridized carbons (Fsp3) is 0.316. The number of carbonyl (C=O) groups is 2. The summed E-state index contributed by atoms with van der Waals surface area (Å²) in [5.74, 6) is -0.314. The third-order valence-corrected chi connectivity index (χ3v) is 4.32. The fourth-order valence-corrected chi connectivity index (χ4v) is 3.01. The molecule has 1 aliphatic heterocycles. The van der Waals surface area contributed by atoms with E-state index >= 15 is 0 Å². The molecule has 1 aromatic heterocycles. The normalized spacial score (nSPS) is 17.5. The van der Waals surface area contributed by atoms with Gasteiger partial charge in [0.1, 0.15) is 0 Å². The van der Waals surface area contributed by atoms with Crippen LogP contribution in [-0.2, 0) is 11.3 Å². The zero-order valence-corrected chi connectivity index (χ0v) is 14.5. The molecule has 0 bridgehead atoms. The Bertz CT molecular complexity index is 723. The molecule has 1 fully saturated rings. The molecule has 3 N–H and O–H groups in total. The van der Waals surface area contributed by atoms with Gasteiger partial charge in [-0.25, -0.2) is 4.79 Å². The third kappa shape index (κ3) is 5.11. The Morgan fingerprint density at radius 2 is 2.04 bits per heavy atom. The van der Waals surface area contributed by atoms with Gasteiger partial charge in [0.05, 0.1) is 6.54 Å². The summed E-state index contributed by atoms with van der Waals surface area (Å²) in [5.41, 5.74) is 2.04. The predicted molar refractivity (Wildman–Crippen MR) is 98.2 cm³/mol. The Morgan fingerprint density at radius 1 is 1.19 bits per heavy atom. The number of piperazine rings is 1. The van der Waals surface area contributed by atoms with Gasteiger partial charge in [0, 0.05) is 44.6 Å². The number of benzene rings is 1. The second-order valence-electron chi connectivity index (χ2n) is 6.19. The lowest BCUT2D eigenvalue weighted by atomic mass is 10.1. The molecule has 1 saturated heterocycles. The van der Waals surface area contributed by atoms with Crippen molar-refractivity contribution in [3.63, 3.8) is 0 Å². The van der Waals surface area contributed by atoms with Crippen LogP contribution in [0.2, 0.25) is 0 Å². The average molecular weight is 353 g/mol. The van der Waals surface area contributed by atoms with Gasteiger partial charge in [-0.05, 0) is 17.2 Å². The van der Waals surface area contributed by atoms with Gasteiger partial charge in [-0.2, -0.15) is 0 Å². The molecule has 1 aromatic carbocycles. The Hall–Kier alpha value is -2.77. The molecule has 7 nitrogen and oxygen atoms in total. The largest absolute Gasteiger partial charge is 0.334 e. The highest BCUT2D eigenvalue weighted by Crippen LogP contribution is 2.20. The van der Waals surface area contributed by atoms with Gasteiger partial charge in [0.2, 0.25) is 5.91 Å². The van der Waals surface area contributed by atoms with Crippen molar-refractivity contribution in [3.8, 4) is 0 Å². The number of carbonyl (C=O) groups excluding carboxylic acids is 2. The highest BCUT2D eigenvalue weighted by molar-refractivity contribution is 5.95. The quantitative estimate of drug-likeness (QED) is 0.748. The van der Waals surface area contributed by atoms with Gasteiger partial charge in [-0.3, -0.25) is 20.0 Å². The number of hydrogen-bond acceptors (Lipinski definition) is 5. The van der Waals surface area contributed by atoms with E-state index in [0.717, 1.165) is 30.8 Å². The first-order chi connectivity index (χ1) is 12.7. The molecule has 7 heteroatoms. The molecule has 136 valence electrons. The summed E-state index contributed by atoms with van der Waals surface area (Å²) >= 11 is 0. The second kappa shape index (κ2) is 9.07. The fourth-order valence-electron chi connectivity index (χ4n) is 3.01. The van der Waals surface area contributed by atoms with Gasteiger partial charge in [0.15, 0.2) is 0 Å². The number of amides is 3. The van der Waals surface area contributed by atoms with Crippen molar-refractivity contribution in [2.45, 2.75) is 12.6 Å². The van der Waals surface area contributed by atoms with Crippen LogP contribution in [0, 0.1) is 0 Å². The molecule has 0 spiro atoms. The van der Waals surface area contributed by atoms with Crippen LogP contribution in [0.3, 0.4) is 0 Å². The Labute approximate surface area is 152 Å². The van der Waals surface area contributed by atoms with Crippen molar-refractivity contribution in [3.05, 3.63) is 66.0 Å². The van der Waals surface area contributed by atoms with Crippen LogP contribution in [0.4, 0.5) is 4.79 Å². The van der Waals surface area contributed by atoms with Gasteiger partial charge in [0.25, 0.3) is 0 Å². The summed E-state index contributed by atoms with van der Waals surface area (Å²) < 4.78 is 0. The molecule has 2 aromatic rings. The summed E-state index contributed by atoms with van der Waals surface area (Å²) in [7, 11) is 0. The van der Waals surface area contributed by atoms with E-state index in [1.807, 2.05) is 48.7 Å². The Kier molecular flexibility index (Phi) is 6.29. The van der Waals surface area contributed by atoms with Crippen molar-refractivity contribution in [2.75, 3.05) is 26.2 Å². The minimum Gasteiger partial charge on any atom is -0.334 e. The summed E-state index contributed by atoms with van der Waals surface area (Å²) in [6.07, 6.45) is 3.54. The van der Waals surface area contributed by atoms with E-state index in [4.69, 9.17) is 0 Å². The van der Waals surface area contributed by atoms with Crippen LogP contribution in [0.1, 0.15) is 17.2 Å². The number of pyridine rings is 1. The second-order valence-corrected chi connectivity index (χ2v) is 6.19. The summed E-state index contributed by atoms with van der Waals surface area (Å²) in [6.45, 7) is 2.84. The smallest absolute Gasteiger partial charge is 0.321 e. The first kappa shape index (κ1) is 18.0. The molecule has 3 rings (SSSR count). The first-order valence-electron chi connectivity index (χ1n) is 8.68. The van der Waals surface area contributed by atoms with Crippen molar-refractivity contribution in [2.24, 2.45) is 0 Å². The maximum atomic E-state index is 12.3. The zero-order chi connectivity index (χ0) is 18.2. The van der Waals surface area contributed by atoms with Crippen molar-refractivity contribution in [1.82, 2.24) is 25.8 Å². The average Bonchev–Trinajstić information content (AvgIpc) is 2.68. The summed E-state index contributed by atoms with van der Waals surface area (Å²) in [5, 5.41) is 8.44. The monoisotopic (exact) mass is 353 g/mol. The minimum absolute atomic E-state index is 0.0654. The van der Waals surface area contributed by atoms with Crippen LogP contribution in [-0.4, -0.2) is 48.0 Å². The number of hydrogen-bond donors (Lipinski definition) is 3. The topological polar surface area (TPSA) is 86.4 Å². The van der Waals surface area contributed by atoms with E-state index in [2.05, 4.69) is 25.8 Å². The Balaban J connectivity index is 1.50. The number of urea groups is 1. The first-order valence-corrected chi connectivity index (χ1v) is 8.68. The number of aromatic nitrogens is 1. The molecular weight excluding hydrogens is 330 g/mol. The van der Waals surface area contributed by atoms with Gasteiger partial charge in [-0.15, -0.1) is 0 Å². The molecule has 0 aliphatic carbocycles. The number of imide groups is 1. The standard InChI is InChI=1S/C19H23N5O2/c25-18(23-19(26)22-11-15-5-2-1-3-6-15)14-24-10-9-21-13-17(24)16-7-4-8-20-12-16/h1-8,12,17,21H,9-11,13-14H2,(H2,22,23,25,26). The lowest BCUT2D eigenvalue weighted by Gasteiger charge is -2.35. The van der Waals surface area contributed by atoms with Gasteiger partial charge >= 0.3 is 6.03 Å². The molecule has 1 atom stereocenters. The molecule has 26 heavy (non-hydrogen) atoms. The Morgan fingerprint density at radius 3 is 2.81 bits per heavy atom. The summed E-state index contributed by atoms with van der Waals surface area (Å²) in [6, 6.07) is 13.0. The lowest BCUT2D eigenvalue weighted by Crippen LogP contribution is -2.51. The highest BCUT2D eigenvalue weighted by Gasteiger charge is 2.26. The minimum atomic E-state index is -0.480. The maximum Gasteiger partial charge on any atom is 0.321 e. The van der Waals surface area contributed by atoms with E-state index in [9.17, 15) is 9.59 Å². The number of nitrogens with zero attached hydrogens (tertiary/aromatic N) is 2.